The molecule has 88 valence electrons. The zero-order valence-electron chi connectivity index (χ0n) is 10.1. The molecule has 1 fully saturated rings. The van der Waals surface area contributed by atoms with Crippen LogP contribution in [0.25, 0.3) is 0 Å². The Kier molecular flexibility index (Phi) is 4.37. The van der Waals surface area contributed by atoms with Gasteiger partial charge < -0.3 is 4.74 Å². The van der Waals surface area contributed by atoms with Crippen molar-refractivity contribution in [1.29, 1.82) is 0 Å². The summed E-state index contributed by atoms with van der Waals surface area (Å²) in [5, 5.41) is 0. The molecule has 0 atom stereocenters. The van der Waals surface area contributed by atoms with Crippen LogP contribution in [0.4, 0.5) is 0 Å². The van der Waals surface area contributed by atoms with Crippen molar-refractivity contribution in [2.75, 3.05) is 19.9 Å². The molecule has 1 aromatic carbocycles. The van der Waals surface area contributed by atoms with Crippen LogP contribution in [0.2, 0.25) is 0 Å². The van der Waals surface area contributed by atoms with Crippen molar-refractivity contribution in [3.05, 3.63) is 35.4 Å². The maximum Gasteiger partial charge on any atom is 0.0993 e. The van der Waals surface area contributed by atoms with E-state index in [0.717, 1.165) is 26.3 Å². The predicted octanol–water partition coefficient (Wildman–Crippen LogP) is 2.82. The van der Waals surface area contributed by atoms with E-state index in [-0.39, 0.29) is 0 Å². The van der Waals surface area contributed by atoms with Crippen LogP contribution >= 0.6 is 0 Å². The molecule has 0 aromatic heterocycles. The summed E-state index contributed by atoms with van der Waals surface area (Å²) < 4.78 is 5.48. The van der Waals surface area contributed by atoms with Crippen LogP contribution in [0.15, 0.2) is 24.3 Å². The predicted molar refractivity (Wildman–Crippen MR) is 66.3 cm³/mol. The summed E-state index contributed by atoms with van der Waals surface area (Å²) in [4.78, 5) is 2.39. The van der Waals surface area contributed by atoms with Crippen LogP contribution in [0.5, 0.6) is 0 Å². The van der Waals surface area contributed by atoms with Crippen LogP contribution in [-0.4, -0.2) is 24.8 Å². The zero-order chi connectivity index (χ0) is 11.2. The van der Waals surface area contributed by atoms with Gasteiger partial charge in [0.05, 0.1) is 6.73 Å². The van der Waals surface area contributed by atoms with Crippen molar-refractivity contribution in [3.63, 3.8) is 0 Å². The fraction of sp³-hybridized carbons (Fsp3) is 0.571. The highest BCUT2D eigenvalue weighted by atomic mass is 16.5. The zero-order valence-corrected chi connectivity index (χ0v) is 10.1. The number of nitrogens with zero attached hydrogens (tertiary/aromatic N) is 1. The van der Waals surface area contributed by atoms with Gasteiger partial charge in [-0.2, -0.15) is 0 Å². The Bertz CT molecular complexity index is 318. The van der Waals surface area contributed by atoms with Crippen molar-refractivity contribution >= 4 is 0 Å². The lowest BCUT2D eigenvalue weighted by Crippen LogP contribution is -2.32. The fourth-order valence-corrected chi connectivity index (χ4v) is 2.24. The summed E-state index contributed by atoms with van der Waals surface area (Å²) in [5.41, 5.74) is 2.96. The van der Waals surface area contributed by atoms with Crippen molar-refractivity contribution in [1.82, 2.24) is 4.90 Å². The van der Waals surface area contributed by atoms with Gasteiger partial charge in [0.15, 0.2) is 0 Å². The molecule has 1 saturated heterocycles. The van der Waals surface area contributed by atoms with Gasteiger partial charge in [-0.25, -0.2) is 0 Å². The minimum absolute atomic E-state index is 0.792. The third-order valence-corrected chi connectivity index (χ3v) is 3.07. The van der Waals surface area contributed by atoms with Crippen LogP contribution in [0, 0.1) is 0 Å². The van der Waals surface area contributed by atoms with E-state index in [9.17, 15) is 0 Å². The second-order valence-electron chi connectivity index (χ2n) is 4.46. The lowest BCUT2D eigenvalue weighted by Gasteiger charge is -2.27. The Morgan fingerprint density at radius 3 is 2.75 bits per heavy atom. The first-order valence-electron chi connectivity index (χ1n) is 6.27. The first-order chi connectivity index (χ1) is 7.90. The monoisotopic (exact) mass is 219 g/mol. The van der Waals surface area contributed by atoms with Crippen LogP contribution in [0.3, 0.4) is 0 Å². The fourth-order valence-electron chi connectivity index (χ4n) is 2.24. The average molecular weight is 219 g/mol. The van der Waals surface area contributed by atoms with E-state index < -0.39 is 0 Å². The third-order valence-electron chi connectivity index (χ3n) is 3.07. The first kappa shape index (κ1) is 11.6. The van der Waals surface area contributed by atoms with Crippen molar-refractivity contribution in [2.45, 2.75) is 32.7 Å². The number of hydrogen-bond acceptors (Lipinski definition) is 2. The van der Waals surface area contributed by atoms with Crippen LogP contribution < -0.4 is 0 Å². The number of hydrogen-bond donors (Lipinski definition) is 0. The standard InChI is InChI=1S/C14H21NO/c1-2-6-13-7-3-4-8-14(13)11-15-9-5-10-16-12-15/h3-4,7-8H,2,5-6,9-12H2,1H3. The molecule has 0 aliphatic carbocycles. The summed E-state index contributed by atoms with van der Waals surface area (Å²) in [6.07, 6.45) is 3.56. The van der Waals surface area contributed by atoms with E-state index in [1.165, 1.54) is 30.5 Å². The van der Waals surface area contributed by atoms with Crippen LogP contribution in [0.1, 0.15) is 30.9 Å². The van der Waals surface area contributed by atoms with Gasteiger partial charge in [-0.15, -0.1) is 0 Å². The lowest BCUT2D eigenvalue weighted by atomic mass is 10.0. The molecule has 0 bridgehead atoms. The number of aryl methyl sites for hydroxylation is 1. The second-order valence-corrected chi connectivity index (χ2v) is 4.46. The number of rotatable bonds is 4. The molecule has 1 aliphatic heterocycles. The Labute approximate surface area is 98.2 Å². The number of ether oxygens (including phenoxy) is 1. The van der Waals surface area contributed by atoms with E-state index in [0.29, 0.717) is 0 Å². The van der Waals surface area contributed by atoms with E-state index in [2.05, 4.69) is 36.1 Å². The van der Waals surface area contributed by atoms with Gasteiger partial charge in [0, 0.05) is 19.7 Å². The van der Waals surface area contributed by atoms with E-state index in [1.54, 1.807) is 0 Å². The molecule has 1 heterocycles. The average Bonchev–Trinajstić information content (AvgIpc) is 2.33. The molecular formula is C14H21NO. The van der Waals surface area contributed by atoms with Gasteiger partial charge in [0.2, 0.25) is 0 Å². The van der Waals surface area contributed by atoms with Gasteiger partial charge in [0.1, 0.15) is 0 Å². The molecule has 1 aliphatic rings. The highest BCUT2D eigenvalue weighted by molar-refractivity contribution is 5.27. The summed E-state index contributed by atoms with van der Waals surface area (Å²) in [6.45, 7) is 6.16. The second kappa shape index (κ2) is 6.02. The minimum Gasteiger partial charge on any atom is -0.366 e. The number of benzene rings is 1. The van der Waals surface area contributed by atoms with Gasteiger partial charge in [0.25, 0.3) is 0 Å². The Hall–Kier alpha value is -0.860. The third kappa shape index (κ3) is 3.06. The Morgan fingerprint density at radius 1 is 1.25 bits per heavy atom. The molecule has 16 heavy (non-hydrogen) atoms. The first-order valence-corrected chi connectivity index (χ1v) is 6.27. The Balaban J connectivity index is 2.01. The summed E-state index contributed by atoms with van der Waals surface area (Å²) in [6, 6.07) is 8.78. The van der Waals surface area contributed by atoms with E-state index in [4.69, 9.17) is 4.74 Å². The van der Waals surface area contributed by atoms with Gasteiger partial charge >= 0.3 is 0 Å². The van der Waals surface area contributed by atoms with Crippen molar-refractivity contribution in [2.24, 2.45) is 0 Å². The maximum absolute atomic E-state index is 5.48. The largest absolute Gasteiger partial charge is 0.366 e. The molecular weight excluding hydrogens is 198 g/mol. The summed E-state index contributed by atoms with van der Waals surface area (Å²) >= 11 is 0. The molecule has 2 nitrogen and oxygen atoms in total. The minimum atomic E-state index is 0.792. The maximum atomic E-state index is 5.48. The van der Waals surface area contributed by atoms with Crippen LogP contribution in [-0.2, 0) is 17.7 Å². The van der Waals surface area contributed by atoms with E-state index >= 15 is 0 Å². The molecule has 0 amide bonds. The molecule has 0 saturated carbocycles. The van der Waals surface area contributed by atoms with Crippen molar-refractivity contribution in [3.8, 4) is 0 Å². The van der Waals surface area contributed by atoms with Crippen molar-refractivity contribution < 1.29 is 4.74 Å². The lowest BCUT2D eigenvalue weighted by molar-refractivity contribution is -0.0177. The summed E-state index contributed by atoms with van der Waals surface area (Å²) in [7, 11) is 0. The molecule has 0 radical (unpaired) electrons. The van der Waals surface area contributed by atoms with Gasteiger partial charge in [-0.1, -0.05) is 37.6 Å². The normalized spacial score (nSPS) is 17.6. The Morgan fingerprint density at radius 2 is 2.06 bits per heavy atom. The highest BCUT2D eigenvalue weighted by Crippen LogP contribution is 2.15. The smallest absolute Gasteiger partial charge is 0.0993 e. The molecule has 1 aromatic rings. The van der Waals surface area contributed by atoms with Gasteiger partial charge in [-0.05, 0) is 24.0 Å². The highest BCUT2D eigenvalue weighted by Gasteiger charge is 2.12. The molecule has 2 heteroatoms. The van der Waals surface area contributed by atoms with E-state index in [1.807, 2.05) is 0 Å². The van der Waals surface area contributed by atoms with Gasteiger partial charge in [-0.3, -0.25) is 4.90 Å². The molecule has 0 N–H and O–H groups in total. The molecule has 0 unspecified atom stereocenters. The molecule has 2 rings (SSSR count). The molecule has 0 spiro atoms. The topological polar surface area (TPSA) is 12.5 Å². The quantitative estimate of drug-likeness (QED) is 0.772. The SMILES string of the molecule is CCCc1ccccc1CN1CCCOC1. The summed E-state index contributed by atoms with van der Waals surface area (Å²) in [5.74, 6) is 0.